The van der Waals surface area contributed by atoms with Crippen LogP contribution < -0.4 is 20.9 Å². The minimum absolute atomic E-state index is 0.00209. The fourth-order valence-corrected chi connectivity index (χ4v) is 4.48. The first kappa shape index (κ1) is 23.0. The number of nitrogens with one attached hydrogen (secondary N) is 3. The standard InChI is InChI=1S/C23H24F4N4O2/c24-15-8-10-17(11-9-15)31-20(30-19-7-2-1-6-18(19)21(31)32)13-28-22(33)29-16-5-3-4-14(12-16)23(25,26)27/h3-5,8-12,18-20,30H,1-2,6-7,13H2,(H2,28,29,33). The van der Waals surface area contributed by atoms with Crippen molar-refractivity contribution in [3.8, 4) is 0 Å². The van der Waals surface area contributed by atoms with E-state index in [1.807, 2.05) is 0 Å². The number of nitrogens with zero attached hydrogens (tertiary/aromatic N) is 1. The fourth-order valence-electron chi connectivity index (χ4n) is 4.48. The lowest BCUT2D eigenvalue weighted by atomic mass is 9.81. The van der Waals surface area contributed by atoms with Gasteiger partial charge in [-0.05, 0) is 55.3 Å². The van der Waals surface area contributed by atoms with Gasteiger partial charge in [0.1, 0.15) is 12.0 Å². The number of carbonyl (C=O) groups excluding carboxylic acids is 2. The first-order chi connectivity index (χ1) is 15.7. The number of carbonyl (C=O) groups is 2. The van der Waals surface area contributed by atoms with Crippen molar-refractivity contribution in [3.63, 3.8) is 0 Å². The predicted octanol–water partition coefficient (Wildman–Crippen LogP) is 4.49. The number of urea groups is 1. The van der Waals surface area contributed by atoms with Gasteiger partial charge in [-0.1, -0.05) is 18.9 Å². The lowest BCUT2D eigenvalue weighted by molar-refractivity contribution is -0.137. The molecule has 4 rings (SSSR count). The number of fused-ring (bicyclic) bond motifs is 1. The molecule has 1 saturated heterocycles. The van der Waals surface area contributed by atoms with Crippen molar-refractivity contribution in [2.24, 2.45) is 5.92 Å². The summed E-state index contributed by atoms with van der Waals surface area (Å²) >= 11 is 0. The van der Waals surface area contributed by atoms with Crippen LogP contribution in [-0.2, 0) is 11.0 Å². The lowest BCUT2D eigenvalue weighted by Gasteiger charge is -2.46. The Balaban J connectivity index is 1.47. The van der Waals surface area contributed by atoms with E-state index in [2.05, 4.69) is 16.0 Å². The molecule has 10 heteroatoms. The maximum atomic E-state index is 13.4. The minimum Gasteiger partial charge on any atom is -0.334 e. The minimum atomic E-state index is -4.52. The van der Waals surface area contributed by atoms with E-state index in [1.54, 1.807) is 0 Å². The van der Waals surface area contributed by atoms with Gasteiger partial charge in [-0.2, -0.15) is 13.2 Å². The SMILES string of the molecule is O=C(NCC1NC2CCCCC2C(=O)N1c1ccc(F)cc1)Nc1cccc(C(F)(F)F)c1. The maximum absolute atomic E-state index is 13.4. The molecule has 3 amide bonds. The van der Waals surface area contributed by atoms with Crippen LogP contribution in [0.5, 0.6) is 0 Å². The van der Waals surface area contributed by atoms with Crippen LogP contribution in [0.15, 0.2) is 48.5 Å². The molecule has 2 aromatic carbocycles. The number of alkyl halides is 3. The summed E-state index contributed by atoms with van der Waals surface area (Å²) in [6, 6.07) is 9.15. The van der Waals surface area contributed by atoms with Gasteiger partial charge in [0.2, 0.25) is 5.91 Å². The molecule has 2 fully saturated rings. The maximum Gasteiger partial charge on any atom is 0.416 e. The van der Waals surface area contributed by atoms with Crippen molar-refractivity contribution in [1.29, 1.82) is 0 Å². The van der Waals surface area contributed by atoms with Gasteiger partial charge in [-0.3, -0.25) is 15.0 Å². The second-order valence-corrected chi connectivity index (χ2v) is 8.28. The van der Waals surface area contributed by atoms with E-state index >= 15 is 0 Å². The normalized spacial score (nSPS) is 23.1. The molecule has 3 N–H and O–H groups in total. The van der Waals surface area contributed by atoms with Crippen LogP contribution in [0.4, 0.5) is 33.7 Å². The van der Waals surface area contributed by atoms with E-state index in [9.17, 15) is 27.2 Å². The van der Waals surface area contributed by atoms with Crippen LogP contribution in [0.2, 0.25) is 0 Å². The molecule has 1 aliphatic heterocycles. The van der Waals surface area contributed by atoms with Gasteiger partial charge in [0, 0.05) is 17.4 Å². The predicted molar refractivity (Wildman–Crippen MR) is 115 cm³/mol. The molecular formula is C23H24F4N4O2. The first-order valence-corrected chi connectivity index (χ1v) is 10.8. The summed E-state index contributed by atoms with van der Waals surface area (Å²) < 4.78 is 52.1. The van der Waals surface area contributed by atoms with Gasteiger partial charge in [-0.25, -0.2) is 9.18 Å². The quantitative estimate of drug-likeness (QED) is 0.584. The van der Waals surface area contributed by atoms with Crippen molar-refractivity contribution in [2.75, 3.05) is 16.8 Å². The Morgan fingerprint density at radius 1 is 1.09 bits per heavy atom. The van der Waals surface area contributed by atoms with E-state index < -0.39 is 29.8 Å². The summed E-state index contributed by atoms with van der Waals surface area (Å²) in [5, 5.41) is 8.43. The van der Waals surface area contributed by atoms with Gasteiger partial charge >= 0.3 is 12.2 Å². The number of anilines is 2. The number of hydrogen-bond donors (Lipinski definition) is 3. The molecule has 6 nitrogen and oxygen atoms in total. The largest absolute Gasteiger partial charge is 0.416 e. The molecule has 1 saturated carbocycles. The summed E-state index contributed by atoms with van der Waals surface area (Å²) in [7, 11) is 0. The van der Waals surface area contributed by atoms with E-state index in [4.69, 9.17) is 0 Å². The highest BCUT2D eigenvalue weighted by atomic mass is 19.4. The third-order valence-electron chi connectivity index (χ3n) is 6.05. The highest BCUT2D eigenvalue weighted by Crippen LogP contribution is 2.33. The topological polar surface area (TPSA) is 73.5 Å². The second kappa shape index (κ2) is 9.38. The zero-order chi connectivity index (χ0) is 23.6. The molecule has 3 unspecified atom stereocenters. The number of hydrogen-bond acceptors (Lipinski definition) is 3. The zero-order valence-corrected chi connectivity index (χ0v) is 17.7. The van der Waals surface area contributed by atoms with Crippen molar-refractivity contribution in [3.05, 3.63) is 59.9 Å². The Kier molecular flexibility index (Phi) is 6.55. The molecule has 2 aromatic rings. The summed E-state index contributed by atoms with van der Waals surface area (Å²) in [5.74, 6) is -0.712. The highest BCUT2D eigenvalue weighted by molar-refractivity contribution is 5.97. The number of amides is 3. The van der Waals surface area contributed by atoms with Crippen LogP contribution in [0.3, 0.4) is 0 Å². The molecular weight excluding hydrogens is 440 g/mol. The Morgan fingerprint density at radius 2 is 1.82 bits per heavy atom. The van der Waals surface area contributed by atoms with E-state index in [1.165, 1.54) is 41.3 Å². The molecule has 1 aliphatic carbocycles. The molecule has 2 aliphatic rings. The molecule has 3 atom stereocenters. The highest BCUT2D eigenvalue weighted by Gasteiger charge is 2.43. The van der Waals surface area contributed by atoms with Crippen molar-refractivity contribution in [2.45, 2.75) is 44.1 Å². The average Bonchev–Trinajstić information content (AvgIpc) is 2.78. The average molecular weight is 464 g/mol. The van der Waals surface area contributed by atoms with Crippen molar-refractivity contribution < 1.29 is 27.2 Å². The Labute approximate surface area is 188 Å². The van der Waals surface area contributed by atoms with Gasteiger partial charge in [0.05, 0.1) is 18.0 Å². The van der Waals surface area contributed by atoms with Crippen LogP contribution in [0.1, 0.15) is 31.2 Å². The summed E-state index contributed by atoms with van der Waals surface area (Å²) in [5.41, 5.74) is -0.369. The Hall–Kier alpha value is -3.14. The zero-order valence-electron chi connectivity index (χ0n) is 17.7. The van der Waals surface area contributed by atoms with E-state index in [0.717, 1.165) is 37.8 Å². The second-order valence-electron chi connectivity index (χ2n) is 8.28. The monoisotopic (exact) mass is 464 g/mol. The Bertz CT molecular complexity index is 1010. The molecule has 0 radical (unpaired) electrons. The summed E-state index contributed by atoms with van der Waals surface area (Å²) in [6.45, 7) is 0.0110. The summed E-state index contributed by atoms with van der Waals surface area (Å²) in [4.78, 5) is 27.2. The lowest BCUT2D eigenvalue weighted by Crippen LogP contribution is -2.66. The van der Waals surface area contributed by atoms with Gasteiger partial charge < -0.3 is 10.6 Å². The van der Waals surface area contributed by atoms with Crippen LogP contribution in [-0.4, -0.2) is 30.7 Å². The van der Waals surface area contributed by atoms with E-state index in [0.29, 0.717) is 5.69 Å². The molecule has 1 heterocycles. The molecule has 0 aromatic heterocycles. The van der Waals surface area contributed by atoms with Crippen LogP contribution in [0, 0.1) is 11.7 Å². The van der Waals surface area contributed by atoms with Gasteiger partial charge in [0.15, 0.2) is 0 Å². The van der Waals surface area contributed by atoms with Crippen LogP contribution >= 0.6 is 0 Å². The first-order valence-electron chi connectivity index (χ1n) is 10.8. The molecule has 33 heavy (non-hydrogen) atoms. The third-order valence-corrected chi connectivity index (χ3v) is 6.05. The Morgan fingerprint density at radius 3 is 2.55 bits per heavy atom. The van der Waals surface area contributed by atoms with Crippen molar-refractivity contribution >= 4 is 23.3 Å². The van der Waals surface area contributed by atoms with Gasteiger partial charge in [0.25, 0.3) is 0 Å². The molecule has 0 spiro atoms. The van der Waals surface area contributed by atoms with Gasteiger partial charge in [-0.15, -0.1) is 0 Å². The number of benzene rings is 2. The number of halogens is 4. The molecule has 176 valence electrons. The summed E-state index contributed by atoms with van der Waals surface area (Å²) in [6.07, 6.45) is -1.57. The smallest absolute Gasteiger partial charge is 0.334 e. The third kappa shape index (κ3) is 5.27. The van der Waals surface area contributed by atoms with E-state index in [-0.39, 0.29) is 30.1 Å². The van der Waals surface area contributed by atoms with Crippen molar-refractivity contribution in [1.82, 2.24) is 10.6 Å². The molecule has 0 bridgehead atoms. The fraction of sp³-hybridized carbons (Fsp3) is 0.391. The van der Waals surface area contributed by atoms with Crippen LogP contribution in [0.25, 0.3) is 0 Å². The number of rotatable bonds is 4.